The molecule has 226 valence electrons. The first kappa shape index (κ1) is 34.7. The highest BCUT2D eigenvalue weighted by Gasteiger charge is 2.26. The lowest BCUT2D eigenvalue weighted by atomic mass is 10.1. The second-order valence-electron chi connectivity index (χ2n) is 10.8. The van der Waals surface area contributed by atoms with Crippen LogP contribution in [0.4, 0.5) is 9.59 Å². The molecule has 2 atom stereocenters. The smallest absolute Gasteiger partial charge is 0.461 e. The molecule has 0 aromatic heterocycles. The van der Waals surface area contributed by atoms with Gasteiger partial charge in [0.05, 0.1) is 0 Å². The number of nitrogens with two attached hydrogens (primary N) is 1. The third-order valence-corrected chi connectivity index (χ3v) is 6.10. The molecule has 0 fully saturated rings. The molecule has 0 amide bonds. The van der Waals surface area contributed by atoms with E-state index in [1.807, 2.05) is 20.8 Å². The molecule has 11 heteroatoms. The molecular formula is C29H45NO10. The Morgan fingerprint density at radius 3 is 1.95 bits per heavy atom. The topological polar surface area (TPSA) is 150 Å². The van der Waals surface area contributed by atoms with Crippen molar-refractivity contribution >= 4 is 24.2 Å². The van der Waals surface area contributed by atoms with E-state index < -0.39 is 41.6 Å². The summed E-state index contributed by atoms with van der Waals surface area (Å²) < 4.78 is 31.8. The van der Waals surface area contributed by atoms with E-state index in [9.17, 15) is 19.2 Å². The summed E-state index contributed by atoms with van der Waals surface area (Å²) in [6, 6.07) is 3.31. The first-order valence-electron chi connectivity index (χ1n) is 13.7. The summed E-state index contributed by atoms with van der Waals surface area (Å²) >= 11 is 0. The molecule has 0 saturated heterocycles. The summed E-state index contributed by atoms with van der Waals surface area (Å²) in [6.45, 7) is 14.1. The predicted molar refractivity (Wildman–Crippen MR) is 147 cm³/mol. The summed E-state index contributed by atoms with van der Waals surface area (Å²) in [5.41, 5.74) is 4.99. The van der Waals surface area contributed by atoms with Crippen LogP contribution in [0, 0.1) is 0 Å². The van der Waals surface area contributed by atoms with E-state index in [2.05, 4.69) is 0 Å². The van der Waals surface area contributed by atoms with Crippen molar-refractivity contribution in [3.8, 4) is 11.5 Å². The molecule has 11 nitrogen and oxygen atoms in total. The maximum absolute atomic E-state index is 12.5. The van der Waals surface area contributed by atoms with E-state index >= 15 is 0 Å². The van der Waals surface area contributed by atoms with Crippen LogP contribution in [0.2, 0.25) is 0 Å². The van der Waals surface area contributed by atoms with Gasteiger partial charge in [-0.15, -0.1) is 0 Å². The standard InChI is InChI=1S/C29H45NO10/c1-9-12-13-24(31)36-19(4)18-35-25(32)21(30)16-20-14-15-22(37-26(33)39-28(5,6)10-2)23(17-20)38-27(34)40-29(7,8)11-3/h14-15,17,19,21H,9-13,16,18,30H2,1-8H3/t19-,21-/m0/s1. The van der Waals surface area contributed by atoms with Crippen LogP contribution in [-0.2, 0) is 35.0 Å². The second-order valence-corrected chi connectivity index (χ2v) is 10.8. The Kier molecular flexibility index (Phi) is 13.9. The van der Waals surface area contributed by atoms with Crippen molar-refractivity contribution in [3.05, 3.63) is 23.8 Å². The summed E-state index contributed by atoms with van der Waals surface area (Å²) in [7, 11) is 0. The second kappa shape index (κ2) is 16.1. The minimum atomic E-state index is -1.07. The Bertz CT molecular complexity index is 1000. The molecule has 1 aromatic rings. The number of hydrogen-bond donors (Lipinski definition) is 1. The number of esters is 2. The number of carbonyl (C=O) groups excluding carboxylic acids is 4. The average molecular weight is 568 g/mol. The quantitative estimate of drug-likeness (QED) is 0.160. The minimum Gasteiger partial charge on any atom is -0.461 e. The zero-order valence-electron chi connectivity index (χ0n) is 25.0. The molecule has 0 bridgehead atoms. The fraction of sp³-hybridized carbons (Fsp3) is 0.655. The fourth-order valence-corrected chi connectivity index (χ4v) is 2.94. The lowest BCUT2D eigenvalue weighted by Crippen LogP contribution is -2.36. The van der Waals surface area contributed by atoms with Crippen LogP contribution >= 0.6 is 0 Å². The molecule has 0 aliphatic carbocycles. The first-order valence-corrected chi connectivity index (χ1v) is 13.7. The van der Waals surface area contributed by atoms with Crippen molar-refractivity contribution in [1.29, 1.82) is 0 Å². The normalized spacial score (nSPS) is 13.0. The van der Waals surface area contributed by atoms with Crippen molar-refractivity contribution in [2.45, 2.75) is 117 Å². The largest absolute Gasteiger partial charge is 0.514 e. The number of benzene rings is 1. The first-order chi connectivity index (χ1) is 18.6. The molecule has 2 N–H and O–H groups in total. The average Bonchev–Trinajstić information content (AvgIpc) is 2.86. The van der Waals surface area contributed by atoms with E-state index in [4.69, 9.17) is 34.2 Å². The Balaban J connectivity index is 2.96. The van der Waals surface area contributed by atoms with Gasteiger partial charge >= 0.3 is 24.2 Å². The van der Waals surface area contributed by atoms with Crippen LogP contribution in [-0.4, -0.2) is 54.2 Å². The third-order valence-electron chi connectivity index (χ3n) is 6.10. The monoisotopic (exact) mass is 567 g/mol. The molecule has 1 aromatic carbocycles. The Morgan fingerprint density at radius 2 is 1.43 bits per heavy atom. The van der Waals surface area contributed by atoms with Crippen molar-refractivity contribution in [1.82, 2.24) is 0 Å². The Labute approximate surface area is 236 Å². The van der Waals surface area contributed by atoms with Crippen LogP contribution in [0.15, 0.2) is 18.2 Å². The van der Waals surface area contributed by atoms with Gasteiger partial charge in [0.2, 0.25) is 0 Å². The number of rotatable bonds is 15. The molecule has 0 radical (unpaired) electrons. The SMILES string of the molecule is CCCCC(=O)O[C@@H](C)COC(=O)[C@@H](N)Cc1ccc(OC(=O)OC(C)(C)CC)c(OC(=O)OC(C)(C)CC)c1. The zero-order chi connectivity index (χ0) is 30.5. The molecule has 1 rings (SSSR count). The van der Waals surface area contributed by atoms with E-state index in [1.165, 1.54) is 12.1 Å². The summed E-state index contributed by atoms with van der Waals surface area (Å²) in [6.07, 6.45) is 0.406. The molecule has 40 heavy (non-hydrogen) atoms. The van der Waals surface area contributed by atoms with Gasteiger partial charge in [-0.1, -0.05) is 33.3 Å². The van der Waals surface area contributed by atoms with E-state index in [-0.39, 0.29) is 30.5 Å². The molecule has 0 heterocycles. The van der Waals surface area contributed by atoms with Crippen molar-refractivity contribution in [2.24, 2.45) is 5.73 Å². The highest BCUT2D eigenvalue weighted by Crippen LogP contribution is 2.31. The van der Waals surface area contributed by atoms with Gasteiger partial charge < -0.3 is 34.2 Å². The summed E-state index contributed by atoms with van der Waals surface area (Å²) in [4.78, 5) is 49.0. The zero-order valence-corrected chi connectivity index (χ0v) is 25.0. The highest BCUT2D eigenvalue weighted by atomic mass is 16.8. The van der Waals surface area contributed by atoms with E-state index in [0.717, 1.165) is 12.8 Å². The summed E-state index contributed by atoms with van der Waals surface area (Å²) in [5.74, 6) is -1.25. The van der Waals surface area contributed by atoms with Crippen LogP contribution in [0.1, 0.15) is 93.1 Å². The minimum absolute atomic E-state index is 0.0168. The van der Waals surface area contributed by atoms with E-state index in [1.54, 1.807) is 40.7 Å². The van der Waals surface area contributed by atoms with Gasteiger partial charge in [-0.2, -0.15) is 0 Å². The molecule has 0 spiro atoms. The number of unbranched alkanes of at least 4 members (excludes halogenated alkanes) is 1. The number of carbonyl (C=O) groups is 4. The number of ether oxygens (including phenoxy) is 6. The molecule has 0 saturated carbocycles. The third kappa shape index (κ3) is 13.1. The predicted octanol–water partition coefficient (Wildman–Crippen LogP) is 5.63. The number of hydrogen-bond acceptors (Lipinski definition) is 11. The fourth-order valence-electron chi connectivity index (χ4n) is 2.94. The van der Waals surface area contributed by atoms with Gasteiger partial charge in [-0.3, -0.25) is 9.59 Å². The van der Waals surface area contributed by atoms with Gasteiger partial charge in [0.25, 0.3) is 0 Å². The molecule has 0 aliphatic heterocycles. The Hall–Kier alpha value is -3.34. The van der Waals surface area contributed by atoms with Gasteiger partial charge in [0, 0.05) is 6.42 Å². The maximum Gasteiger partial charge on any atom is 0.514 e. The van der Waals surface area contributed by atoms with Gasteiger partial charge in [-0.05, 0) is 78.0 Å². The van der Waals surface area contributed by atoms with Crippen LogP contribution in [0.25, 0.3) is 0 Å². The van der Waals surface area contributed by atoms with Gasteiger partial charge in [-0.25, -0.2) is 9.59 Å². The maximum atomic E-state index is 12.5. The Morgan fingerprint density at radius 1 is 0.875 bits per heavy atom. The van der Waals surface area contributed by atoms with Crippen LogP contribution in [0.5, 0.6) is 11.5 Å². The van der Waals surface area contributed by atoms with E-state index in [0.29, 0.717) is 24.8 Å². The molecule has 0 aliphatic rings. The highest BCUT2D eigenvalue weighted by molar-refractivity contribution is 5.76. The lowest BCUT2D eigenvalue weighted by Gasteiger charge is -2.24. The summed E-state index contributed by atoms with van der Waals surface area (Å²) in [5, 5.41) is 0. The molecular weight excluding hydrogens is 522 g/mol. The van der Waals surface area contributed by atoms with Crippen molar-refractivity contribution in [2.75, 3.05) is 6.61 Å². The van der Waals surface area contributed by atoms with Crippen LogP contribution < -0.4 is 15.2 Å². The van der Waals surface area contributed by atoms with Gasteiger partial charge in [0.1, 0.15) is 30.0 Å². The van der Waals surface area contributed by atoms with Crippen molar-refractivity contribution in [3.63, 3.8) is 0 Å². The van der Waals surface area contributed by atoms with Gasteiger partial charge in [0.15, 0.2) is 11.5 Å². The van der Waals surface area contributed by atoms with Crippen LogP contribution in [0.3, 0.4) is 0 Å². The van der Waals surface area contributed by atoms with Crippen molar-refractivity contribution < 1.29 is 47.6 Å². The lowest BCUT2D eigenvalue weighted by molar-refractivity contribution is -0.158. The molecule has 0 unspecified atom stereocenters.